The molecule has 2 heteroatoms. The van der Waals surface area contributed by atoms with E-state index in [0.29, 0.717) is 0 Å². The minimum absolute atomic E-state index is 0.397. The zero-order valence-corrected chi connectivity index (χ0v) is 10.3. The largest absolute Gasteiger partial charge is 0.473 e. The van der Waals surface area contributed by atoms with Crippen LogP contribution in [0.15, 0.2) is 71.5 Å². The maximum atomic E-state index is 9.52. The van der Waals surface area contributed by atoms with Crippen LogP contribution in [-0.2, 0) is 0 Å². The molecule has 0 aliphatic rings. The summed E-state index contributed by atoms with van der Waals surface area (Å²) in [7, 11) is 0. The van der Waals surface area contributed by atoms with E-state index in [1.807, 2.05) is 42.5 Å². The van der Waals surface area contributed by atoms with Gasteiger partial charge in [0.15, 0.2) is 0 Å². The second kappa shape index (κ2) is 6.03. The van der Waals surface area contributed by atoms with E-state index in [2.05, 4.69) is 16.5 Å². The van der Waals surface area contributed by atoms with Crippen molar-refractivity contribution >= 4 is 10.8 Å². The van der Waals surface area contributed by atoms with Crippen LogP contribution >= 0.6 is 0 Å². The molecule has 1 atom stereocenters. The van der Waals surface area contributed by atoms with Gasteiger partial charge in [-0.2, -0.15) is 0 Å². The predicted molar refractivity (Wildman–Crippen MR) is 73.3 cm³/mol. The Balaban J connectivity index is 0.000000202. The topological polar surface area (TPSA) is 33.4 Å². The fourth-order valence-electron chi connectivity index (χ4n) is 1.84. The average Bonchev–Trinajstić information content (AvgIpc) is 2.97. The van der Waals surface area contributed by atoms with E-state index in [9.17, 15) is 5.11 Å². The molecule has 0 aliphatic heterocycles. The van der Waals surface area contributed by atoms with Crippen LogP contribution in [0.25, 0.3) is 10.8 Å². The van der Waals surface area contributed by atoms with Gasteiger partial charge in [-0.15, -0.1) is 0 Å². The lowest BCUT2D eigenvalue weighted by Gasteiger charge is -2.08. The van der Waals surface area contributed by atoms with E-state index in [1.54, 1.807) is 19.5 Å². The number of hydrogen-bond acceptors (Lipinski definition) is 2. The van der Waals surface area contributed by atoms with Crippen LogP contribution < -0.4 is 0 Å². The van der Waals surface area contributed by atoms with Crippen molar-refractivity contribution in [1.82, 2.24) is 0 Å². The summed E-state index contributed by atoms with van der Waals surface area (Å²) in [5, 5.41) is 11.8. The quantitative estimate of drug-likeness (QED) is 0.692. The number of furan rings is 1. The van der Waals surface area contributed by atoms with Gasteiger partial charge in [-0.05, 0) is 35.4 Å². The Hall–Kier alpha value is -2.06. The Labute approximate surface area is 106 Å². The lowest BCUT2D eigenvalue weighted by atomic mass is 10.0. The second-order valence-electron chi connectivity index (χ2n) is 4.04. The second-order valence-corrected chi connectivity index (χ2v) is 4.04. The molecule has 0 amide bonds. The van der Waals surface area contributed by atoms with Crippen LogP contribution in [0.3, 0.4) is 0 Å². The van der Waals surface area contributed by atoms with Gasteiger partial charge in [0.2, 0.25) is 0 Å². The van der Waals surface area contributed by atoms with Gasteiger partial charge >= 0.3 is 0 Å². The molecule has 0 fully saturated rings. The molecule has 92 valence electrons. The minimum atomic E-state index is -0.397. The maximum absolute atomic E-state index is 9.52. The molecule has 18 heavy (non-hydrogen) atoms. The van der Waals surface area contributed by atoms with E-state index in [0.717, 1.165) is 10.9 Å². The van der Waals surface area contributed by atoms with Crippen LogP contribution in [0.1, 0.15) is 18.6 Å². The minimum Gasteiger partial charge on any atom is -0.473 e. The molecule has 2 aromatic carbocycles. The van der Waals surface area contributed by atoms with E-state index in [4.69, 9.17) is 0 Å². The van der Waals surface area contributed by atoms with Gasteiger partial charge in [0.1, 0.15) is 0 Å². The molecule has 3 rings (SSSR count). The monoisotopic (exact) mass is 240 g/mol. The highest BCUT2D eigenvalue weighted by Gasteiger charge is 2.04. The summed E-state index contributed by atoms with van der Waals surface area (Å²) < 4.78 is 4.58. The number of aliphatic hydroxyl groups is 1. The summed E-state index contributed by atoms with van der Waals surface area (Å²) in [5.41, 5.74) is 0.998. The predicted octanol–water partition coefficient (Wildman–Crippen LogP) is 4.17. The lowest BCUT2D eigenvalue weighted by molar-refractivity contribution is 0.201. The fraction of sp³-hybridized carbons (Fsp3) is 0.125. The van der Waals surface area contributed by atoms with Gasteiger partial charge in [0.05, 0.1) is 18.6 Å². The van der Waals surface area contributed by atoms with Crippen LogP contribution in [0, 0.1) is 0 Å². The van der Waals surface area contributed by atoms with Gasteiger partial charge in [0.25, 0.3) is 0 Å². The van der Waals surface area contributed by atoms with Gasteiger partial charge < -0.3 is 9.52 Å². The lowest BCUT2D eigenvalue weighted by Crippen LogP contribution is -1.91. The molecule has 1 aromatic heterocycles. The first kappa shape index (κ1) is 12.4. The Bertz CT molecular complexity index is 560. The van der Waals surface area contributed by atoms with Gasteiger partial charge in [-0.1, -0.05) is 42.5 Å². The van der Waals surface area contributed by atoms with E-state index in [-0.39, 0.29) is 0 Å². The standard InChI is InChI=1S/C12H12O.C4H4O/c1-9(13)11-8-4-6-10-5-2-3-7-12(10)11;1-2-4-5-3-1/h2-9,13H,1H3;1-4H. The summed E-state index contributed by atoms with van der Waals surface area (Å²) in [6.45, 7) is 1.79. The van der Waals surface area contributed by atoms with Gasteiger partial charge in [-0.25, -0.2) is 0 Å². The Kier molecular flexibility index (Phi) is 4.15. The summed E-state index contributed by atoms with van der Waals surface area (Å²) in [6.07, 6.45) is 2.85. The molecule has 0 radical (unpaired) electrons. The first-order valence-corrected chi connectivity index (χ1v) is 5.92. The number of aliphatic hydroxyl groups excluding tert-OH is 1. The Morgan fingerprint density at radius 3 is 2.17 bits per heavy atom. The average molecular weight is 240 g/mol. The third kappa shape index (κ3) is 2.99. The third-order valence-corrected chi connectivity index (χ3v) is 2.70. The first-order chi connectivity index (χ1) is 8.79. The summed E-state index contributed by atoms with van der Waals surface area (Å²) in [6, 6.07) is 17.8. The molecule has 2 nitrogen and oxygen atoms in total. The van der Waals surface area contributed by atoms with Crippen molar-refractivity contribution in [3.05, 3.63) is 72.7 Å². The zero-order valence-electron chi connectivity index (χ0n) is 10.3. The van der Waals surface area contributed by atoms with Crippen molar-refractivity contribution < 1.29 is 9.52 Å². The molecular formula is C16H16O2. The smallest absolute Gasteiger partial charge is 0.0902 e. The normalized spacial score (nSPS) is 11.7. The van der Waals surface area contributed by atoms with E-state index in [1.165, 1.54) is 5.39 Å². The van der Waals surface area contributed by atoms with Crippen molar-refractivity contribution in [2.75, 3.05) is 0 Å². The van der Waals surface area contributed by atoms with Crippen LogP contribution in [0.2, 0.25) is 0 Å². The molecule has 0 bridgehead atoms. The molecule has 3 aromatic rings. The summed E-state index contributed by atoms with van der Waals surface area (Å²) in [4.78, 5) is 0. The summed E-state index contributed by atoms with van der Waals surface area (Å²) in [5.74, 6) is 0. The molecule has 1 heterocycles. The molecule has 1 unspecified atom stereocenters. The highest BCUT2D eigenvalue weighted by molar-refractivity contribution is 5.85. The Morgan fingerprint density at radius 2 is 1.56 bits per heavy atom. The SMILES string of the molecule is CC(O)c1cccc2ccccc12.c1ccoc1. The van der Waals surface area contributed by atoms with Crippen molar-refractivity contribution in [3.8, 4) is 0 Å². The van der Waals surface area contributed by atoms with E-state index < -0.39 is 6.10 Å². The van der Waals surface area contributed by atoms with Crippen molar-refractivity contribution in [2.45, 2.75) is 13.0 Å². The number of hydrogen-bond donors (Lipinski definition) is 1. The van der Waals surface area contributed by atoms with E-state index >= 15 is 0 Å². The number of fused-ring (bicyclic) bond motifs is 1. The zero-order chi connectivity index (χ0) is 12.8. The van der Waals surface area contributed by atoms with Crippen LogP contribution in [0.4, 0.5) is 0 Å². The Morgan fingerprint density at radius 1 is 0.889 bits per heavy atom. The van der Waals surface area contributed by atoms with Crippen LogP contribution in [0.5, 0.6) is 0 Å². The molecular weight excluding hydrogens is 224 g/mol. The number of rotatable bonds is 1. The van der Waals surface area contributed by atoms with Crippen molar-refractivity contribution in [3.63, 3.8) is 0 Å². The number of benzene rings is 2. The van der Waals surface area contributed by atoms with Crippen molar-refractivity contribution in [1.29, 1.82) is 0 Å². The van der Waals surface area contributed by atoms with Crippen molar-refractivity contribution in [2.24, 2.45) is 0 Å². The van der Waals surface area contributed by atoms with Crippen LogP contribution in [-0.4, -0.2) is 5.11 Å². The fourth-order valence-corrected chi connectivity index (χ4v) is 1.84. The summed E-state index contributed by atoms with van der Waals surface area (Å²) >= 11 is 0. The maximum Gasteiger partial charge on any atom is 0.0902 e. The molecule has 1 N–H and O–H groups in total. The molecule has 0 spiro atoms. The molecule has 0 saturated carbocycles. The molecule has 0 saturated heterocycles. The van der Waals surface area contributed by atoms with Gasteiger partial charge in [0, 0.05) is 0 Å². The molecule has 0 aliphatic carbocycles. The first-order valence-electron chi connectivity index (χ1n) is 5.92. The highest BCUT2D eigenvalue weighted by atomic mass is 16.3. The highest BCUT2D eigenvalue weighted by Crippen LogP contribution is 2.23. The van der Waals surface area contributed by atoms with Gasteiger partial charge in [-0.3, -0.25) is 0 Å². The third-order valence-electron chi connectivity index (χ3n) is 2.70.